The van der Waals surface area contributed by atoms with Crippen LogP contribution in [0.15, 0.2) is 30.3 Å². The van der Waals surface area contributed by atoms with Crippen LogP contribution >= 0.6 is 12.4 Å². The minimum Gasteiger partial charge on any atom is -0.338 e. The molecule has 0 bridgehead atoms. The van der Waals surface area contributed by atoms with Crippen molar-refractivity contribution in [1.29, 1.82) is 0 Å². The minimum atomic E-state index is -3.01. The lowest BCUT2D eigenvalue weighted by Gasteiger charge is -2.22. The average Bonchev–Trinajstić information content (AvgIpc) is 2.43. The normalized spacial score (nSPS) is 10.8. The van der Waals surface area contributed by atoms with E-state index in [9.17, 15) is 13.2 Å². The zero-order valence-corrected chi connectivity index (χ0v) is 14.5. The molecule has 1 aromatic rings. The second-order valence-electron chi connectivity index (χ2n) is 5.18. The molecule has 0 unspecified atom stereocenters. The fourth-order valence-corrected chi connectivity index (χ4v) is 2.69. The van der Waals surface area contributed by atoms with E-state index in [2.05, 4.69) is 0 Å². The van der Waals surface area contributed by atoms with Crippen molar-refractivity contribution >= 4 is 28.2 Å². The van der Waals surface area contributed by atoms with Gasteiger partial charge in [0.05, 0.1) is 5.75 Å². The quantitative estimate of drug-likeness (QED) is 0.735. The first kappa shape index (κ1) is 20.9. The molecule has 1 rings (SSSR count). The molecule has 5 nitrogen and oxygen atoms in total. The van der Waals surface area contributed by atoms with Gasteiger partial charge in [-0.15, -0.1) is 12.4 Å². The second-order valence-corrected chi connectivity index (χ2v) is 7.44. The molecule has 0 saturated carbocycles. The van der Waals surface area contributed by atoms with Crippen LogP contribution in [-0.2, 0) is 21.2 Å². The summed E-state index contributed by atoms with van der Waals surface area (Å²) in [6.07, 6.45) is 2.55. The molecule has 2 N–H and O–H groups in total. The lowest BCUT2D eigenvalue weighted by molar-refractivity contribution is -0.131. The number of carbonyl (C=O) groups excluding carboxylic acids is 1. The monoisotopic (exact) mass is 348 g/mol. The molecule has 0 fully saturated rings. The number of nitrogens with two attached hydrogens (primary N) is 1. The van der Waals surface area contributed by atoms with Crippen LogP contribution in [0.1, 0.15) is 24.8 Å². The molecule has 0 radical (unpaired) electrons. The highest BCUT2D eigenvalue weighted by Gasteiger charge is 2.14. The zero-order valence-electron chi connectivity index (χ0n) is 12.9. The van der Waals surface area contributed by atoms with Gasteiger partial charge in [0.2, 0.25) is 5.91 Å². The summed E-state index contributed by atoms with van der Waals surface area (Å²) in [6.45, 7) is 1.67. The summed E-state index contributed by atoms with van der Waals surface area (Å²) in [7, 11) is -3.01. The molecular weight excluding hydrogens is 324 g/mol. The van der Waals surface area contributed by atoms with E-state index in [1.807, 2.05) is 30.3 Å². The fraction of sp³-hybridized carbons (Fsp3) is 0.533. The Morgan fingerprint density at radius 2 is 1.82 bits per heavy atom. The van der Waals surface area contributed by atoms with Crippen molar-refractivity contribution in [3.05, 3.63) is 35.9 Å². The molecular formula is C15H25ClN2O3S. The molecule has 126 valence electrons. The van der Waals surface area contributed by atoms with Crippen LogP contribution in [0.3, 0.4) is 0 Å². The summed E-state index contributed by atoms with van der Waals surface area (Å²) in [4.78, 5) is 14.0. The number of benzene rings is 1. The van der Waals surface area contributed by atoms with Gasteiger partial charge >= 0.3 is 0 Å². The predicted octanol–water partition coefficient (Wildman–Crippen LogP) is 1.61. The van der Waals surface area contributed by atoms with Crippen molar-refractivity contribution in [2.45, 2.75) is 25.8 Å². The van der Waals surface area contributed by atoms with Gasteiger partial charge in [-0.3, -0.25) is 4.79 Å². The molecule has 0 atom stereocenters. The molecule has 22 heavy (non-hydrogen) atoms. The maximum absolute atomic E-state index is 12.2. The van der Waals surface area contributed by atoms with Gasteiger partial charge < -0.3 is 10.6 Å². The van der Waals surface area contributed by atoms with Gasteiger partial charge in [-0.1, -0.05) is 30.3 Å². The Morgan fingerprint density at radius 3 is 2.36 bits per heavy atom. The van der Waals surface area contributed by atoms with Gasteiger partial charge in [0.1, 0.15) is 9.84 Å². The Morgan fingerprint density at radius 1 is 1.18 bits per heavy atom. The van der Waals surface area contributed by atoms with E-state index in [0.29, 0.717) is 26.1 Å². The lowest BCUT2D eigenvalue weighted by Crippen LogP contribution is -2.32. The second kappa shape index (κ2) is 10.6. The minimum absolute atomic E-state index is 0. The Labute approximate surface area is 139 Å². The standard InChI is InChI=1S/C15H24N2O3S.ClH/c1-21(19,20)12-5-9-15(18)17(11-6-10-16)13-14-7-3-2-4-8-14;/h2-4,7-8H,5-6,9-13,16H2,1H3;1H. The molecule has 0 aromatic heterocycles. The molecule has 7 heteroatoms. The van der Waals surface area contributed by atoms with Gasteiger partial charge in [0, 0.05) is 25.8 Å². The maximum Gasteiger partial charge on any atom is 0.222 e. The molecule has 1 amide bonds. The summed E-state index contributed by atoms with van der Waals surface area (Å²) >= 11 is 0. The number of carbonyl (C=O) groups is 1. The van der Waals surface area contributed by atoms with Crippen LogP contribution in [0, 0.1) is 0 Å². The Bertz CT molecular complexity index is 535. The van der Waals surface area contributed by atoms with E-state index in [0.717, 1.165) is 12.0 Å². The van der Waals surface area contributed by atoms with Gasteiger partial charge in [-0.25, -0.2) is 8.42 Å². The smallest absolute Gasteiger partial charge is 0.222 e. The zero-order chi connectivity index (χ0) is 15.7. The van der Waals surface area contributed by atoms with Crippen molar-refractivity contribution in [1.82, 2.24) is 4.90 Å². The third-order valence-corrected chi connectivity index (χ3v) is 4.14. The van der Waals surface area contributed by atoms with Crippen LogP contribution in [0.4, 0.5) is 0 Å². The summed E-state index contributed by atoms with van der Waals surface area (Å²) in [6, 6.07) is 9.75. The number of rotatable bonds is 9. The Kier molecular flexibility index (Phi) is 10.1. The van der Waals surface area contributed by atoms with Gasteiger partial charge in [-0.05, 0) is 24.9 Å². The molecule has 0 aliphatic rings. The first-order valence-electron chi connectivity index (χ1n) is 7.12. The van der Waals surface area contributed by atoms with Crippen molar-refractivity contribution in [3.8, 4) is 0 Å². The molecule has 1 aromatic carbocycles. The van der Waals surface area contributed by atoms with Crippen LogP contribution in [0.5, 0.6) is 0 Å². The van der Waals surface area contributed by atoms with Crippen molar-refractivity contribution in [2.24, 2.45) is 5.73 Å². The van der Waals surface area contributed by atoms with Crippen LogP contribution in [-0.4, -0.2) is 44.3 Å². The number of sulfone groups is 1. The van der Waals surface area contributed by atoms with Crippen molar-refractivity contribution in [3.63, 3.8) is 0 Å². The van der Waals surface area contributed by atoms with Crippen LogP contribution in [0.25, 0.3) is 0 Å². The van der Waals surface area contributed by atoms with E-state index in [1.54, 1.807) is 4.90 Å². The number of hydrogen-bond acceptors (Lipinski definition) is 4. The SMILES string of the molecule is CS(=O)(=O)CCCC(=O)N(CCCN)Cc1ccccc1.Cl. The highest BCUT2D eigenvalue weighted by atomic mass is 35.5. The largest absolute Gasteiger partial charge is 0.338 e. The molecule has 0 aliphatic carbocycles. The molecule has 0 spiro atoms. The van der Waals surface area contributed by atoms with E-state index in [1.165, 1.54) is 6.26 Å². The highest BCUT2D eigenvalue weighted by molar-refractivity contribution is 7.90. The third kappa shape index (κ3) is 9.02. The van der Waals surface area contributed by atoms with Gasteiger partial charge in [-0.2, -0.15) is 0 Å². The summed E-state index contributed by atoms with van der Waals surface area (Å²) in [5.41, 5.74) is 6.57. The number of amides is 1. The number of hydrogen-bond donors (Lipinski definition) is 1. The third-order valence-electron chi connectivity index (χ3n) is 3.11. The van der Waals surface area contributed by atoms with Crippen molar-refractivity contribution < 1.29 is 13.2 Å². The average molecular weight is 349 g/mol. The Balaban J connectivity index is 0.00000441. The fourth-order valence-electron chi connectivity index (χ4n) is 2.02. The lowest BCUT2D eigenvalue weighted by atomic mass is 10.2. The first-order chi connectivity index (χ1) is 9.92. The molecule has 0 saturated heterocycles. The highest BCUT2D eigenvalue weighted by Crippen LogP contribution is 2.08. The summed E-state index contributed by atoms with van der Waals surface area (Å²) in [5, 5.41) is 0. The number of nitrogens with zero attached hydrogens (tertiary/aromatic N) is 1. The van der Waals surface area contributed by atoms with Gasteiger partial charge in [0.25, 0.3) is 0 Å². The van der Waals surface area contributed by atoms with Crippen molar-refractivity contribution in [2.75, 3.05) is 25.1 Å². The van der Waals surface area contributed by atoms with E-state index < -0.39 is 9.84 Å². The summed E-state index contributed by atoms with van der Waals surface area (Å²) in [5.74, 6) is 0.0328. The summed E-state index contributed by atoms with van der Waals surface area (Å²) < 4.78 is 22.2. The van der Waals surface area contributed by atoms with Gasteiger partial charge in [0.15, 0.2) is 0 Å². The number of halogens is 1. The van der Waals surface area contributed by atoms with E-state index in [4.69, 9.17) is 5.73 Å². The predicted molar refractivity (Wildman–Crippen MR) is 91.7 cm³/mol. The first-order valence-corrected chi connectivity index (χ1v) is 9.18. The molecule has 0 heterocycles. The maximum atomic E-state index is 12.2. The Hall–Kier alpha value is -1.11. The molecule has 0 aliphatic heterocycles. The van der Waals surface area contributed by atoms with Crippen LogP contribution in [0.2, 0.25) is 0 Å². The van der Waals surface area contributed by atoms with E-state index >= 15 is 0 Å². The van der Waals surface area contributed by atoms with Crippen LogP contribution < -0.4 is 5.73 Å². The topological polar surface area (TPSA) is 80.5 Å². The van der Waals surface area contributed by atoms with E-state index in [-0.39, 0.29) is 30.5 Å².